The summed E-state index contributed by atoms with van der Waals surface area (Å²) in [7, 11) is 0. The van der Waals surface area contributed by atoms with Gasteiger partial charge in [-0.3, -0.25) is 0 Å². The predicted octanol–water partition coefficient (Wildman–Crippen LogP) is 5.41. The van der Waals surface area contributed by atoms with E-state index in [9.17, 15) is 5.11 Å². The number of phenols is 1. The number of hydrogen-bond acceptors (Lipinski definition) is 1. The maximum absolute atomic E-state index is 10.7. The van der Waals surface area contributed by atoms with Crippen LogP contribution in [0.3, 0.4) is 0 Å². The van der Waals surface area contributed by atoms with Crippen LogP contribution in [-0.2, 0) is 10.8 Å². The molecule has 0 aliphatic heterocycles. The van der Waals surface area contributed by atoms with Crippen LogP contribution in [-0.4, -0.2) is 5.11 Å². The Balaban J connectivity index is 3.59. The highest BCUT2D eigenvalue weighted by molar-refractivity contribution is 5.58. The molecular formula is C18H28O. The molecule has 0 atom stereocenters. The molecule has 1 nitrogen and oxygen atoms in total. The molecule has 0 heterocycles. The Hall–Kier alpha value is -1.24. The van der Waals surface area contributed by atoms with Crippen molar-refractivity contribution in [1.82, 2.24) is 0 Å². The first-order valence-electron chi connectivity index (χ1n) is 7.20. The summed E-state index contributed by atoms with van der Waals surface area (Å²) in [6.07, 6.45) is 3.85. The molecule has 0 saturated carbocycles. The van der Waals surface area contributed by atoms with Gasteiger partial charge in [-0.25, -0.2) is 0 Å². The van der Waals surface area contributed by atoms with E-state index in [2.05, 4.69) is 60.3 Å². The van der Waals surface area contributed by atoms with Crippen molar-refractivity contribution in [1.29, 1.82) is 0 Å². The second-order valence-electron chi connectivity index (χ2n) is 6.64. The highest BCUT2D eigenvalue weighted by Gasteiger charge is 2.29. The molecule has 0 aromatic heterocycles. The normalized spacial score (nSPS) is 12.5. The lowest BCUT2D eigenvalue weighted by atomic mass is 9.75. The van der Waals surface area contributed by atoms with E-state index in [0.29, 0.717) is 5.75 Å². The Morgan fingerprint density at radius 3 is 1.63 bits per heavy atom. The zero-order valence-corrected chi connectivity index (χ0v) is 13.3. The van der Waals surface area contributed by atoms with Gasteiger partial charge in [0.2, 0.25) is 0 Å². The summed E-state index contributed by atoms with van der Waals surface area (Å²) in [5.74, 6) is 0.462. The number of aromatic hydroxyl groups is 1. The van der Waals surface area contributed by atoms with Gasteiger partial charge in [-0.2, -0.15) is 0 Å². The molecule has 1 N–H and O–H groups in total. The summed E-state index contributed by atoms with van der Waals surface area (Å²) in [6, 6.07) is 4.14. The zero-order valence-electron chi connectivity index (χ0n) is 13.3. The Kier molecular flexibility index (Phi) is 4.50. The fourth-order valence-corrected chi connectivity index (χ4v) is 2.19. The van der Waals surface area contributed by atoms with Crippen LogP contribution in [0.4, 0.5) is 0 Å². The lowest BCUT2D eigenvalue weighted by Crippen LogP contribution is -2.21. The van der Waals surface area contributed by atoms with E-state index in [1.165, 1.54) is 0 Å². The molecule has 1 aromatic rings. The Bertz CT molecular complexity index is 430. The van der Waals surface area contributed by atoms with Gasteiger partial charge in [0, 0.05) is 11.1 Å². The van der Waals surface area contributed by atoms with Crippen LogP contribution >= 0.6 is 0 Å². The molecule has 106 valence electrons. The lowest BCUT2D eigenvalue weighted by molar-refractivity contribution is 0.400. The third kappa shape index (κ3) is 3.02. The first-order valence-corrected chi connectivity index (χ1v) is 7.20. The quantitative estimate of drug-likeness (QED) is 0.750. The Morgan fingerprint density at radius 1 is 1.00 bits per heavy atom. The van der Waals surface area contributed by atoms with Crippen molar-refractivity contribution >= 4 is 6.08 Å². The van der Waals surface area contributed by atoms with Crippen molar-refractivity contribution in [2.24, 2.45) is 0 Å². The largest absolute Gasteiger partial charge is 0.507 e. The highest BCUT2D eigenvalue weighted by atomic mass is 16.3. The average molecular weight is 260 g/mol. The van der Waals surface area contributed by atoms with Gasteiger partial charge in [-0.15, -0.1) is 0 Å². The summed E-state index contributed by atoms with van der Waals surface area (Å²) < 4.78 is 0. The number of hydrogen-bond donors (Lipinski definition) is 1. The van der Waals surface area contributed by atoms with Crippen LogP contribution in [0.2, 0.25) is 0 Å². The van der Waals surface area contributed by atoms with Crippen molar-refractivity contribution in [3.05, 3.63) is 35.4 Å². The molecule has 0 radical (unpaired) electrons. The Morgan fingerprint density at radius 2 is 1.37 bits per heavy atom. The summed E-state index contributed by atoms with van der Waals surface area (Å²) in [4.78, 5) is 0. The minimum Gasteiger partial charge on any atom is -0.507 e. The SMILES string of the molecule is C=Cc1cc(C(C)(C)CC)c(O)c(C(C)(C)CC)c1. The van der Waals surface area contributed by atoms with E-state index < -0.39 is 0 Å². The lowest BCUT2D eigenvalue weighted by Gasteiger charge is -2.31. The van der Waals surface area contributed by atoms with Crippen molar-refractivity contribution in [3.63, 3.8) is 0 Å². The van der Waals surface area contributed by atoms with Crippen molar-refractivity contribution < 1.29 is 5.11 Å². The van der Waals surface area contributed by atoms with Crippen LogP contribution in [0.25, 0.3) is 6.08 Å². The molecule has 0 aliphatic rings. The first-order chi connectivity index (χ1) is 8.69. The smallest absolute Gasteiger partial charge is 0.123 e. The summed E-state index contributed by atoms with van der Waals surface area (Å²) >= 11 is 0. The van der Waals surface area contributed by atoms with E-state index in [4.69, 9.17) is 0 Å². The van der Waals surface area contributed by atoms with Crippen LogP contribution in [0.15, 0.2) is 18.7 Å². The minimum absolute atomic E-state index is 0.0261. The standard InChI is InChI=1S/C18H28O/c1-8-13-11-14(17(4,5)9-2)16(19)15(12-13)18(6,7)10-3/h8,11-12,19H,1,9-10H2,2-7H3. The van der Waals surface area contributed by atoms with E-state index in [1.54, 1.807) is 0 Å². The fraction of sp³-hybridized carbons (Fsp3) is 0.556. The fourth-order valence-electron chi connectivity index (χ4n) is 2.19. The van der Waals surface area contributed by atoms with Gasteiger partial charge < -0.3 is 5.11 Å². The van der Waals surface area contributed by atoms with Crippen LogP contribution in [0.5, 0.6) is 5.75 Å². The van der Waals surface area contributed by atoms with E-state index in [-0.39, 0.29) is 10.8 Å². The molecule has 0 unspecified atom stereocenters. The van der Waals surface area contributed by atoms with E-state index in [0.717, 1.165) is 29.5 Å². The molecule has 1 heteroatoms. The first kappa shape index (κ1) is 15.8. The van der Waals surface area contributed by atoms with Gasteiger partial charge in [-0.05, 0) is 41.4 Å². The molecule has 0 aliphatic carbocycles. The number of benzene rings is 1. The molecule has 0 bridgehead atoms. The van der Waals surface area contributed by atoms with Crippen molar-refractivity contribution in [3.8, 4) is 5.75 Å². The van der Waals surface area contributed by atoms with Gasteiger partial charge in [-0.1, -0.05) is 54.2 Å². The maximum Gasteiger partial charge on any atom is 0.123 e. The molecule has 0 spiro atoms. The molecule has 19 heavy (non-hydrogen) atoms. The molecule has 1 rings (SSSR count). The predicted molar refractivity (Wildman–Crippen MR) is 84.8 cm³/mol. The van der Waals surface area contributed by atoms with E-state index >= 15 is 0 Å². The third-order valence-corrected chi connectivity index (χ3v) is 4.59. The molecular weight excluding hydrogens is 232 g/mol. The highest BCUT2D eigenvalue weighted by Crippen LogP contribution is 2.42. The van der Waals surface area contributed by atoms with Gasteiger partial charge in [0.15, 0.2) is 0 Å². The van der Waals surface area contributed by atoms with Crippen LogP contribution in [0, 0.1) is 0 Å². The minimum atomic E-state index is -0.0261. The average Bonchev–Trinajstić information content (AvgIpc) is 2.38. The summed E-state index contributed by atoms with van der Waals surface area (Å²) in [5.41, 5.74) is 3.10. The van der Waals surface area contributed by atoms with Gasteiger partial charge in [0.1, 0.15) is 5.75 Å². The zero-order chi connectivity index (χ0) is 14.8. The summed E-state index contributed by atoms with van der Waals surface area (Å²) in [5, 5.41) is 10.7. The molecule has 1 aromatic carbocycles. The number of rotatable bonds is 5. The monoisotopic (exact) mass is 260 g/mol. The molecule has 0 fully saturated rings. The number of phenolic OH excluding ortho intramolecular Hbond substituents is 1. The van der Waals surface area contributed by atoms with E-state index in [1.807, 2.05) is 6.08 Å². The molecule has 0 saturated heterocycles. The van der Waals surface area contributed by atoms with Gasteiger partial charge >= 0.3 is 0 Å². The third-order valence-electron chi connectivity index (χ3n) is 4.59. The van der Waals surface area contributed by atoms with Crippen LogP contribution < -0.4 is 0 Å². The van der Waals surface area contributed by atoms with Crippen molar-refractivity contribution in [2.45, 2.75) is 65.2 Å². The topological polar surface area (TPSA) is 20.2 Å². The maximum atomic E-state index is 10.7. The second-order valence-corrected chi connectivity index (χ2v) is 6.64. The second kappa shape index (κ2) is 5.40. The van der Waals surface area contributed by atoms with Gasteiger partial charge in [0.25, 0.3) is 0 Å². The Labute approximate surface area is 118 Å². The van der Waals surface area contributed by atoms with Crippen molar-refractivity contribution in [2.75, 3.05) is 0 Å². The van der Waals surface area contributed by atoms with Gasteiger partial charge in [0.05, 0.1) is 0 Å². The summed E-state index contributed by atoms with van der Waals surface area (Å²) in [6.45, 7) is 16.9. The molecule has 0 amide bonds. The van der Waals surface area contributed by atoms with Crippen LogP contribution in [0.1, 0.15) is 71.1 Å².